The molecular formula is C27H24ClN5O2. The highest BCUT2D eigenvalue weighted by atomic mass is 35.5. The Morgan fingerprint density at radius 3 is 2.54 bits per heavy atom. The quantitative estimate of drug-likeness (QED) is 0.354. The van der Waals surface area contributed by atoms with Crippen LogP contribution in [0.3, 0.4) is 0 Å². The lowest BCUT2D eigenvalue weighted by Crippen LogP contribution is -2.31. The Morgan fingerprint density at radius 2 is 1.77 bits per heavy atom. The van der Waals surface area contributed by atoms with Crippen molar-refractivity contribution < 1.29 is 9.53 Å². The molecule has 0 saturated heterocycles. The molecule has 176 valence electrons. The van der Waals surface area contributed by atoms with Crippen molar-refractivity contribution >= 4 is 29.1 Å². The van der Waals surface area contributed by atoms with Crippen LogP contribution >= 0.6 is 11.6 Å². The zero-order chi connectivity index (χ0) is 24.4. The van der Waals surface area contributed by atoms with Crippen LogP contribution in [0, 0.1) is 0 Å². The molecule has 0 aliphatic carbocycles. The summed E-state index contributed by atoms with van der Waals surface area (Å²) in [5, 5.41) is 11.6. The second-order valence-corrected chi connectivity index (χ2v) is 8.45. The summed E-state index contributed by atoms with van der Waals surface area (Å²) in [4.78, 5) is 18.4. The third kappa shape index (κ3) is 4.38. The molecule has 0 spiro atoms. The summed E-state index contributed by atoms with van der Waals surface area (Å²) >= 11 is 6.44. The molecule has 35 heavy (non-hydrogen) atoms. The van der Waals surface area contributed by atoms with E-state index in [0.29, 0.717) is 51.7 Å². The van der Waals surface area contributed by atoms with Crippen molar-refractivity contribution in [3.05, 3.63) is 101 Å². The molecule has 8 heteroatoms. The smallest absolute Gasteiger partial charge is 0.255 e. The normalized spacial score (nSPS) is 14.8. The van der Waals surface area contributed by atoms with Gasteiger partial charge in [0.25, 0.3) is 5.91 Å². The van der Waals surface area contributed by atoms with E-state index in [0.717, 1.165) is 5.56 Å². The minimum Gasteiger partial charge on any atom is -0.494 e. The number of allylic oxidation sites excluding steroid dienone is 1. The Labute approximate surface area is 208 Å². The van der Waals surface area contributed by atoms with Crippen LogP contribution < -0.4 is 15.4 Å². The number of hydrogen-bond donors (Lipinski definition) is 2. The van der Waals surface area contributed by atoms with E-state index in [2.05, 4.69) is 10.6 Å². The molecule has 2 N–H and O–H groups in total. The number of carbonyl (C=O) groups excluding carboxylic acids is 1. The molecule has 5 rings (SSSR count). The van der Waals surface area contributed by atoms with E-state index >= 15 is 0 Å². The van der Waals surface area contributed by atoms with E-state index in [-0.39, 0.29) is 5.91 Å². The molecule has 1 aliphatic heterocycles. The highest BCUT2D eigenvalue weighted by Crippen LogP contribution is 2.40. The number of nitrogens with one attached hydrogen (secondary N) is 2. The third-order valence-electron chi connectivity index (χ3n) is 5.76. The maximum atomic E-state index is 13.6. The number of ether oxygens (including phenoxy) is 1. The summed E-state index contributed by atoms with van der Waals surface area (Å²) in [7, 11) is 0. The van der Waals surface area contributed by atoms with Gasteiger partial charge in [-0.3, -0.25) is 4.79 Å². The van der Waals surface area contributed by atoms with Gasteiger partial charge in [0.1, 0.15) is 11.8 Å². The predicted molar refractivity (Wildman–Crippen MR) is 138 cm³/mol. The van der Waals surface area contributed by atoms with Gasteiger partial charge in [0.05, 0.1) is 17.2 Å². The first-order valence-corrected chi connectivity index (χ1v) is 11.7. The van der Waals surface area contributed by atoms with Gasteiger partial charge in [-0.2, -0.15) is 4.98 Å². The van der Waals surface area contributed by atoms with Gasteiger partial charge in [0.15, 0.2) is 5.82 Å². The summed E-state index contributed by atoms with van der Waals surface area (Å²) in [5.41, 5.74) is 3.42. The number of halogens is 1. The lowest BCUT2D eigenvalue weighted by Gasteiger charge is -2.29. The predicted octanol–water partition coefficient (Wildman–Crippen LogP) is 5.92. The van der Waals surface area contributed by atoms with E-state index in [1.807, 2.05) is 86.6 Å². The molecule has 1 aliphatic rings. The zero-order valence-electron chi connectivity index (χ0n) is 19.3. The summed E-state index contributed by atoms with van der Waals surface area (Å²) < 4.78 is 7.67. The van der Waals surface area contributed by atoms with E-state index in [9.17, 15) is 4.79 Å². The number of hydrogen-bond acceptors (Lipinski definition) is 5. The molecule has 0 bridgehead atoms. The number of nitrogens with zero attached hydrogens (tertiary/aromatic N) is 3. The van der Waals surface area contributed by atoms with Gasteiger partial charge in [-0.05, 0) is 44.2 Å². The highest BCUT2D eigenvalue weighted by Gasteiger charge is 2.36. The van der Waals surface area contributed by atoms with Gasteiger partial charge in [0.2, 0.25) is 5.95 Å². The average molecular weight is 486 g/mol. The SMILES string of the molecule is CCOc1ccccc1C1C(C(=O)Nc2ccccc2)=C(C)Nc2nc(-c3ccccc3Cl)nn21. The number of rotatable bonds is 6. The molecule has 4 aromatic rings. The van der Waals surface area contributed by atoms with E-state index < -0.39 is 6.04 Å². The Kier molecular flexibility index (Phi) is 6.25. The number of anilines is 2. The highest BCUT2D eigenvalue weighted by molar-refractivity contribution is 6.33. The van der Waals surface area contributed by atoms with Gasteiger partial charge in [0, 0.05) is 22.5 Å². The van der Waals surface area contributed by atoms with E-state index in [4.69, 9.17) is 26.4 Å². The second-order valence-electron chi connectivity index (χ2n) is 8.04. The molecule has 0 fully saturated rings. The maximum Gasteiger partial charge on any atom is 0.255 e. The van der Waals surface area contributed by atoms with E-state index in [1.54, 1.807) is 10.7 Å². The Bertz CT molecular complexity index is 1410. The fourth-order valence-electron chi connectivity index (χ4n) is 4.20. The molecule has 1 unspecified atom stereocenters. The number of para-hydroxylation sites is 2. The van der Waals surface area contributed by atoms with Crippen molar-refractivity contribution in [3.8, 4) is 17.1 Å². The molecule has 2 heterocycles. The maximum absolute atomic E-state index is 13.6. The van der Waals surface area contributed by atoms with Crippen LogP contribution in [-0.4, -0.2) is 27.3 Å². The molecule has 3 aromatic carbocycles. The number of benzene rings is 3. The number of aromatic nitrogens is 3. The molecule has 1 aromatic heterocycles. The van der Waals surface area contributed by atoms with Crippen molar-refractivity contribution in [1.82, 2.24) is 14.8 Å². The standard InChI is InChI=1S/C27H24ClN5O2/c1-3-35-22-16-10-8-14-20(22)24-23(26(34)30-18-11-5-4-6-12-18)17(2)29-27-31-25(32-33(24)27)19-13-7-9-15-21(19)28/h4-16,24H,3H2,1-2H3,(H,30,34)(H,29,31,32). The first kappa shape index (κ1) is 22.7. The van der Waals surface area contributed by atoms with Crippen molar-refractivity contribution in [2.75, 3.05) is 17.2 Å². The zero-order valence-corrected chi connectivity index (χ0v) is 20.1. The lowest BCUT2D eigenvalue weighted by molar-refractivity contribution is -0.113. The summed E-state index contributed by atoms with van der Waals surface area (Å²) in [6, 6.07) is 23.9. The van der Waals surface area contributed by atoms with Crippen molar-refractivity contribution in [1.29, 1.82) is 0 Å². The minimum absolute atomic E-state index is 0.238. The Morgan fingerprint density at radius 1 is 1.06 bits per heavy atom. The Balaban J connectivity index is 1.65. The van der Waals surface area contributed by atoms with Gasteiger partial charge in [-0.15, -0.1) is 5.10 Å². The van der Waals surface area contributed by atoms with Crippen LogP contribution in [0.4, 0.5) is 11.6 Å². The number of fused-ring (bicyclic) bond motifs is 1. The third-order valence-corrected chi connectivity index (χ3v) is 6.09. The van der Waals surface area contributed by atoms with E-state index in [1.165, 1.54) is 0 Å². The number of carbonyl (C=O) groups is 1. The van der Waals surface area contributed by atoms with Crippen LogP contribution in [0.25, 0.3) is 11.4 Å². The van der Waals surface area contributed by atoms with Crippen LogP contribution in [0.5, 0.6) is 5.75 Å². The Hall–Kier alpha value is -4.10. The van der Waals surface area contributed by atoms with Gasteiger partial charge in [-0.1, -0.05) is 60.1 Å². The largest absolute Gasteiger partial charge is 0.494 e. The molecule has 1 amide bonds. The van der Waals surface area contributed by atoms with Crippen molar-refractivity contribution in [2.45, 2.75) is 19.9 Å². The monoisotopic (exact) mass is 485 g/mol. The van der Waals surface area contributed by atoms with Crippen molar-refractivity contribution in [3.63, 3.8) is 0 Å². The van der Waals surface area contributed by atoms with Gasteiger partial charge < -0.3 is 15.4 Å². The minimum atomic E-state index is -0.568. The van der Waals surface area contributed by atoms with Crippen LogP contribution in [-0.2, 0) is 4.79 Å². The summed E-state index contributed by atoms with van der Waals surface area (Å²) in [5.74, 6) is 1.43. The second kappa shape index (κ2) is 9.64. The van der Waals surface area contributed by atoms with Gasteiger partial charge >= 0.3 is 0 Å². The summed E-state index contributed by atoms with van der Waals surface area (Å²) in [6.07, 6.45) is 0. The van der Waals surface area contributed by atoms with Crippen LogP contribution in [0.2, 0.25) is 5.02 Å². The first-order chi connectivity index (χ1) is 17.1. The molecule has 0 saturated carbocycles. The lowest BCUT2D eigenvalue weighted by atomic mass is 9.94. The van der Waals surface area contributed by atoms with Crippen molar-refractivity contribution in [2.24, 2.45) is 0 Å². The van der Waals surface area contributed by atoms with Crippen LogP contribution in [0.1, 0.15) is 25.5 Å². The molecule has 7 nitrogen and oxygen atoms in total. The average Bonchev–Trinajstić information content (AvgIpc) is 3.28. The molecular weight excluding hydrogens is 462 g/mol. The molecule has 1 atom stereocenters. The van der Waals surface area contributed by atoms with Gasteiger partial charge in [-0.25, -0.2) is 4.68 Å². The fourth-order valence-corrected chi connectivity index (χ4v) is 4.42. The molecule has 0 radical (unpaired) electrons. The first-order valence-electron chi connectivity index (χ1n) is 11.3. The van der Waals surface area contributed by atoms with Crippen LogP contribution in [0.15, 0.2) is 90.1 Å². The topological polar surface area (TPSA) is 81.1 Å². The summed E-state index contributed by atoms with van der Waals surface area (Å²) in [6.45, 7) is 4.29. The fraction of sp³-hybridized carbons (Fsp3) is 0.148. The number of amides is 1.